The second kappa shape index (κ2) is 8.78. The lowest BCUT2D eigenvalue weighted by atomic mass is 9.96. The highest BCUT2D eigenvalue weighted by atomic mass is 32.1. The fourth-order valence-electron chi connectivity index (χ4n) is 3.78. The molecule has 0 aromatic carbocycles. The van der Waals surface area contributed by atoms with Crippen LogP contribution in [0.2, 0.25) is 0 Å². The molecule has 0 aliphatic carbocycles. The van der Waals surface area contributed by atoms with Crippen LogP contribution in [-0.2, 0) is 11.0 Å². The Morgan fingerprint density at radius 3 is 2.84 bits per heavy atom. The molecule has 0 bridgehead atoms. The average Bonchev–Trinajstić information content (AvgIpc) is 3.47. The Labute approximate surface area is 181 Å². The van der Waals surface area contributed by atoms with Gasteiger partial charge in [-0.05, 0) is 43.3 Å². The van der Waals surface area contributed by atoms with E-state index < -0.39 is 11.9 Å². The molecule has 4 heterocycles. The van der Waals surface area contributed by atoms with Crippen LogP contribution in [0.15, 0.2) is 42.0 Å². The largest absolute Gasteiger partial charge is 0.433 e. The summed E-state index contributed by atoms with van der Waals surface area (Å²) in [6.07, 6.45) is 0.517. The molecule has 10 heteroatoms. The molecule has 1 aliphatic heterocycles. The molecule has 3 aromatic rings. The minimum Gasteiger partial charge on any atom is -0.342 e. The van der Waals surface area contributed by atoms with Crippen molar-refractivity contribution in [2.45, 2.75) is 44.3 Å². The number of alkyl halides is 3. The van der Waals surface area contributed by atoms with E-state index in [0.717, 1.165) is 6.07 Å². The summed E-state index contributed by atoms with van der Waals surface area (Å²) in [5.41, 5.74) is -0.681. The van der Waals surface area contributed by atoms with E-state index in [1.165, 1.54) is 11.3 Å². The summed E-state index contributed by atoms with van der Waals surface area (Å²) < 4.78 is 42.2. The SMILES string of the molecule is C[C@H](CC(=O)N1CCC[C@@H](c2nc(-c3cccs3)cc(C(F)(F)F)n2)C1)n1cccn1. The van der Waals surface area contributed by atoms with Crippen LogP contribution in [0.4, 0.5) is 13.2 Å². The van der Waals surface area contributed by atoms with E-state index in [0.29, 0.717) is 30.8 Å². The van der Waals surface area contributed by atoms with Gasteiger partial charge in [0.15, 0.2) is 0 Å². The Hall–Kier alpha value is -2.75. The van der Waals surface area contributed by atoms with Gasteiger partial charge in [0.1, 0.15) is 11.5 Å². The Kier molecular flexibility index (Phi) is 6.08. The molecule has 4 rings (SSSR count). The third kappa shape index (κ3) is 4.95. The summed E-state index contributed by atoms with van der Waals surface area (Å²) >= 11 is 1.33. The van der Waals surface area contributed by atoms with Crippen LogP contribution in [-0.4, -0.2) is 43.6 Å². The maximum atomic E-state index is 13.5. The molecule has 0 unspecified atom stereocenters. The van der Waals surface area contributed by atoms with Crippen molar-refractivity contribution in [2.24, 2.45) is 0 Å². The van der Waals surface area contributed by atoms with Crippen LogP contribution < -0.4 is 0 Å². The van der Waals surface area contributed by atoms with E-state index >= 15 is 0 Å². The highest BCUT2D eigenvalue weighted by Gasteiger charge is 2.35. The number of halogens is 3. The fraction of sp³-hybridized carbons (Fsp3) is 0.429. The van der Waals surface area contributed by atoms with Crippen LogP contribution in [0, 0.1) is 0 Å². The highest BCUT2D eigenvalue weighted by molar-refractivity contribution is 7.13. The number of carbonyl (C=O) groups excluding carboxylic acids is 1. The maximum Gasteiger partial charge on any atom is 0.433 e. The molecule has 31 heavy (non-hydrogen) atoms. The summed E-state index contributed by atoms with van der Waals surface area (Å²) in [6.45, 7) is 2.81. The number of hydrogen-bond acceptors (Lipinski definition) is 5. The van der Waals surface area contributed by atoms with E-state index in [2.05, 4.69) is 15.1 Å². The summed E-state index contributed by atoms with van der Waals surface area (Å²) in [4.78, 5) is 23.5. The van der Waals surface area contributed by atoms with Gasteiger partial charge in [0.25, 0.3) is 0 Å². The van der Waals surface area contributed by atoms with Crippen molar-refractivity contribution >= 4 is 17.2 Å². The summed E-state index contributed by atoms with van der Waals surface area (Å²) in [7, 11) is 0. The van der Waals surface area contributed by atoms with E-state index in [4.69, 9.17) is 0 Å². The first-order valence-electron chi connectivity index (χ1n) is 10.1. The van der Waals surface area contributed by atoms with E-state index in [-0.39, 0.29) is 35.8 Å². The number of likely N-dealkylation sites (tertiary alicyclic amines) is 1. The zero-order chi connectivity index (χ0) is 22.0. The lowest BCUT2D eigenvalue weighted by molar-refractivity contribution is -0.141. The van der Waals surface area contributed by atoms with Crippen LogP contribution in [0.25, 0.3) is 10.6 Å². The molecule has 1 aliphatic rings. The third-order valence-corrected chi connectivity index (χ3v) is 6.29. The zero-order valence-corrected chi connectivity index (χ0v) is 17.7. The Morgan fingerprint density at radius 1 is 1.32 bits per heavy atom. The first-order valence-corrected chi connectivity index (χ1v) is 11.0. The monoisotopic (exact) mass is 449 g/mol. The molecular weight excluding hydrogens is 427 g/mol. The van der Waals surface area contributed by atoms with Gasteiger partial charge in [0.2, 0.25) is 5.91 Å². The second-order valence-electron chi connectivity index (χ2n) is 7.69. The Bertz CT molecular complexity index is 1020. The van der Waals surface area contributed by atoms with Crippen LogP contribution in [0.1, 0.15) is 49.7 Å². The summed E-state index contributed by atoms with van der Waals surface area (Å²) in [5.74, 6) is -0.229. The van der Waals surface area contributed by atoms with Gasteiger partial charge in [-0.15, -0.1) is 11.3 Å². The number of amides is 1. The number of piperidine rings is 1. The van der Waals surface area contributed by atoms with Gasteiger partial charge < -0.3 is 4.90 Å². The van der Waals surface area contributed by atoms with Gasteiger partial charge in [-0.1, -0.05) is 6.07 Å². The van der Waals surface area contributed by atoms with Crippen molar-refractivity contribution < 1.29 is 18.0 Å². The molecule has 164 valence electrons. The molecule has 0 saturated carbocycles. The van der Waals surface area contributed by atoms with Gasteiger partial charge >= 0.3 is 6.18 Å². The van der Waals surface area contributed by atoms with Crippen LogP contribution in [0.5, 0.6) is 0 Å². The lowest BCUT2D eigenvalue weighted by Gasteiger charge is -2.33. The van der Waals surface area contributed by atoms with Gasteiger partial charge in [-0.2, -0.15) is 18.3 Å². The molecule has 1 fully saturated rings. The lowest BCUT2D eigenvalue weighted by Crippen LogP contribution is -2.40. The molecule has 0 N–H and O–H groups in total. The maximum absolute atomic E-state index is 13.5. The van der Waals surface area contributed by atoms with Gasteiger partial charge in [0.05, 0.1) is 16.6 Å². The summed E-state index contributed by atoms with van der Waals surface area (Å²) in [6, 6.07) is 6.21. The molecule has 3 aromatic heterocycles. The topological polar surface area (TPSA) is 63.9 Å². The predicted octanol–water partition coefficient (Wildman–Crippen LogP) is 4.78. The molecule has 1 saturated heterocycles. The van der Waals surface area contributed by atoms with Gasteiger partial charge in [-0.25, -0.2) is 9.97 Å². The van der Waals surface area contributed by atoms with Crippen molar-refractivity contribution in [1.82, 2.24) is 24.6 Å². The molecule has 1 amide bonds. The van der Waals surface area contributed by atoms with Crippen LogP contribution in [0.3, 0.4) is 0 Å². The van der Waals surface area contributed by atoms with Crippen molar-refractivity contribution in [2.75, 3.05) is 13.1 Å². The van der Waals surface area contributed by atoms with Gasteiger partial charge in [0, 0.05) is 37.8 Å². The molecule has 2 atom stereocenters. The summed E-state index contributed by atoms with van der Waals surface area (Å²) in [5, 5.41) is 5.96. The molecule has 0 spiro atoms. The number of aromatic nitrogens is 4. The smallest absolute Gasteiger partial charge is 0.342 e. The fourth-order valence-corrected chi connectivity index (χ4v) is 4.46. The number of carbonyl (C=O) groups is 1. The highest BCUT2D eigenvalue weighted by Crippen LogP contribution is 2.34. The van der Waals surface area contributed by atoms with Crippen LogP contribution >= 0.6 is 11.3 Å². The first-order chi connectivity index (χ1) is 14.8. The predicted molar refractivity (Wildman–Crippen MR) is 110 cm³/mol. The normalized spacial score (nSPS) is 18.2. The number of thiophene rings is 1. The van der Waals surface area contributed by atoms with E-state index in [9.17, 15) is 18.0 Å². The minimum absolute atomic E-state index is 0.0434. The van der Waals surface area contributed by atoms with Gasteiger partial charge in [-0.3, -0.25) is 9.48 Å². The number of hydrogen-bond donors (Lipinski definition) is 0. The molecule has 0 radical (unpaired) electrons. The third-order valence-electron chi connectivity index (χ3n) is 5.39. The standard InChI is InChI=1S/C21H22F3N5OS/c1-14(29-9-4-7-25-29)11-19(30)28-8-2-5-15(13-28)20-26-16(17-6-3-10-31-17)12-18(27-20)21(22,23)24/h3-4,6-7,9-10,12,14-15H,2,5,8,11,13H2,1H3/t14-,15-/m1/s1. The van der Waals surface area contributed by atoms with Crippen molar-refractivity contribution in [3.05, 3.63) is 53.6 Å². The first kappa shape index (κ1) is 21.5. The second-order valence-corrected chi connectivity index (χ2v) is 8.64. The van der Waals surface area contributed by atoms with E-state index in [1.807, 2.05) is 6.92 Å². The minimum atomic E-state index is -4.56. The van der Waals surface area contributed by atoms with Crippen molar-refractivity contribution in [1.29, 1.82) is 0 Å². The average molecular weight is 450 g/mol. The zero-order valence-electron chi connectivity index (χ0n) is 16.9. The van der Waals surface area contributed by atoms with Crippen molar-refractivity contribution in [3.63, 3.8) is 0 Å². The number of nitrogens with zero attached hydrogens (tertiary/aromatic N) is 5. The molecule has 6 nitrogen and oxygen atoms in total. The quantitative estimate of drug-likeness (QED) is 0.563. The Balaban J connectivity index is 1.55. The van der Waals surface area contributed by atoms with E-state index in [1.54, 1.807) is 45.6 Å². The number of rotatable bonds is 5. The molecular formula is C21H22F3N5OS. The van der Waals surface area contributed by atoms with Crippen molar-refractivity contribution in [3.8, 4) is 10.6 Å². The Morgan fingerprint density at radius 2 is 2.16 bits per heavy atom.